The van der Waals surface area contributed by atoms with Crippen LogP contribution in [0.15, 0.2) is 18.2 Å². The summed E-state index contributed by atoms with van der Waals surface area (Å²) < 4.78 is 7.15. The lowest BCUT2D eigenvalue weighted by molar-refractivity contribution is -0.0911. The molecule has 1 aliphatic heterocycles. The average Bonchev–Trinajstić information content (AvgIpc) is 2.87. The van der Waals surface area contributed by atoms with Crippen LogP contribution in [-0.2, 0) is 11.3 Å². The molecule has 1 saturated carbocycles. The number of rotatable bonds is 2. The summed E-state index contributed by atoms with van der Waals surface area (Å²) in [6.07, 6.45) is 5.62. The van der Waals surface area contributed by atoms with Gasteiger partial charge < -0.3 is 10.5 Å². The zero-order chi connectivity index (χ0) is 14.2. The van der Waals surface area contributed by atoms with Crippen LogP contribution in [0.4, 0.5) is 5.13 Å². The number of benzene rings is 1. The van der Waals surface area contributed by atoms with E-state index in [1.807, 2.05) is 0 Å². The predicted molar refractivity (Wildman–Crippen MR) is 86.4 cm³/mol. The molecule has 1 aliphatic carbocycles. The molecule has 0 bridgehead atoms. The van der Waals surface area contributed by atoms with E-state index in [9.17, 15) is 0 Å². The third kappa shape index (κ3) is 2.65. The van der Waals surface area contributed by atoms with E-state index in [1.54, 1.807) is 11.3 Å². The van der Waals surface area contributed by atoms with Gasteiger partial charge in [0.25, 0.3) is 0 Å². The van der Waals surface area contributed by atoms with Crippen molar-refractivity contribution < 1.29 is 4.74 Å². The molecule has 0 spiro atoms. The van der Waals surface area contributed by atoms with E-state index in [-0.39, 0.29) is 0 Å². The van der Waals surface area contributed by atoms with E-state index in [0.29, 0.717) is 17.3 Å². The van der Waals surface area contributed by atoms with E-state index in [4.69, 9.17) is 10.5 Å². The van der Waals surface area contributed by atoms with E-state index in [1.165, 1.54) is 35.9 Å². The number of nitrogens with two attached hydrogens (primary N) is 1. The highest BCUT2D eigenvalue weighted by molar-refractivity contribution is 7.22. The number of nitrogen functional groups attached to an aromatic ring is 1. The summed E-state index contributed by atoms with van der Waals surface area (Å²) >= 11 is 1.57. The number of thiazole rings is 1. The monoisotopic (exact) mass is 303 g/mol. The van der Waals surface area contributed by atoms with E-state index in [2.05, 4.69) is 28.1 Å². The van der Waals surface area contributed by atoms with Crippen molar-refractivity contribution in [2.24, 2.45) is 0 Å². The molecule has 0 amide bonds. The number of morpholine rings is 1. The van der Waals surface area contributed by atoms with E-state index >= 15 is 0 Å². The lowest BCUT2D eigenvalue weighted by Gasteiger charge is -2.43. The number of aromatic nitrogens is 1. The molecule has 2 aliphatic rings. The molecule has 1 aromatic carbocycles. The Morgan fingerprint density at radius 2 is 2.24 bits per heavy atom. The summed E-state index contributed by atoms with van der Waals surface area (Å²) in [4.78, 5) is 6.94. The molecule has 4 nitrogen and oxygen atoms in total. The first-order valence-electron chi connectivity index (χ1n) is 7.80. The van der Waals surface area contributed by atoms with Crippen molar-refractivity contribution in [3.05, 3.63) is 23.8 Å². The summed E-state index contributed by atoms with van der Waals surface area (Å²) in [5.74, 6) is 0. The molecule has 112 valence electrons. The third-order valence-corrected chi connectivity index (χ3v) is 5.55. The van der Waals surface area contributed by atoms with Gasteiger partial charge in [0.15, 0.2) is 5.13 Å². The fraction of sp³-hybridized carbons (Fsp3) is 0.562. The molecule has 2 heterocycles. The Kier molecular flexibility index (Phi) is 3.57. The largest absolute Gasteiger partial charge is 0.375 e. The molecule has 2 N–H and O–H groups in total. The van der Waals surface area contributed by atoms with Gasteiger partial charge in [0.2, 0.25) is 0 Å². The van der Waals surface area contributed by atoms with Gasteiger partial charge in [0.05, 0.1) is 22.9 Å². The first kappa shape index (κ1) is 13.5. The van der Waals surface area contributed by atoms with Gasteiger partial charge in [-0.3, -0.25) is 4.90 Å². The van der Waals surface area contributed by atoms with Gasteiger partial charge in [0, 0.05) is 19.1 Å². The Bertz CT molecular complexity index is 639. The SMILES string of the molecule is Nc1nc2ccc(CN3CCOC4CCCCC43)cc2s1. The Labute approximate surface area is 128 Å². The molecule has 1 saturated heterocycles. The fourth-order valence-corrected chi connectivity index (χ4v) is 4.49. The van der Waals surface area contributed by atoms with E-state index in [0.717, 1.165) is 25.2 Å². The standard InChI is InChI=1S/C16H21N3OS/c17-16-18-12-6-5-11(9-15(12)21-16)10-19-7-8-20-14-4-2-1-3-13(14)19/h5-6,9,13-14H,1-4,7-8,10H2,(H2,17,18). The topological polar surface area (TPSA) is 51.4 Å². The Hall–Kier alpha value is -1.17. The highest BCUT2D eigenvalue weighted by atomic mass is 32.1. The smallest absolute Gasteiger partial charge is 0.181 e. The summed E-state index contributed by atoms with van der Waals surface area (Å²) in [6.45, 7) is 2.93. The van der Waals surface area contributed by atoms with Crippen molar-refractivity contribution in [1.82, 2.24) is 9.88 Å². The van der Waals surface area contributed by atoms with E-state index < -0.39 is 0 Å². The fourth-order valence-electron chi connectivity index (χ4n) is 3.69. The lowest BCUT2D eigenvalue weighted by atomic mass is 9.90. The summed E-state index contributed by atoms with van der Waals surface area (Å²) in [5.41, 5.74) is 8.16. The number of fused-ring (bicyclic) bond motifs is 2. The minimum absolute atomic E-state index is 0.454. The molecule has 1 aromatic heterocycles. The Balaban J connectivity index is 1.55. The van der Waals surface area contributed by atoms with Crippen LogP contribution in [0.25, 0.3) is 10.2 Å². The maximum atomic E-state index is 5.96. The number of ether oxygens (including phenoxy) is 1. The number of hydrogen-bond donors (Lipinski definition) is 1. The molecule has 4 rings (SSSR count). The van der Waals surface area contributed by atoms with Crippen LogP contribution in [0.1, 0.15) is 31.2 Å². The van der Waals surface area contributed by atoms with Gasteiger partial charge in [-0.1, -0.05) is 30.2 Å². The van der Waals surface area contributed by atoms with Crippen molar-refractivity contribution in [1.29, 1.82) is 0 Å². The van der Waals surface area contributed by atoms with Crippen LogP contribution in [-0.4, -0.2) is 35.2 Å². The van der Waals surface area contributed by atoms with Crippen LogP contribution >= 0.6 is 11.3 Å². The maximum absolute atomic E-state index is 5.96. The third-order valence-electron chi connectivity index (χ3n) is 4.70. The van der Waals surface area contributed by atoms with Gasteiger partial charge in [-0.25, -0.2) is 4.98 Å². The number of nitrogens with zero attached hydrogens (tertiary/aromatic N) is 2. The molecule has 5 heteroatoms. The van der Waals surface area contributed by atoms with Crippen LogP contribution in [0.2, 0.25) is 0 Å². The van der Waals surface area contributed by atoms with Gasteiger partial charge in [-0.05, 0) is 30.5 Å². The highest BCUT2D eigenvalue weighted by Gasteiger charge is 2.33. The molecular weight excluding hydrogens is 282 g/mol. The first-order valence-corrected chi connectivity index (χ1v) is 8.62. The summed E-state index contributed by atoms with van der Waals surface area (Å²) in [6, 6.07) is 7.14. The minimum atomic E-state index is 0.454. The van der Waals surface area contributed by atoms with Crippen molar-refractivity contribution in [3.8, 4) is 0 Å². The second kappa shape index (κ2) is 5.55. The lowest BCUT2D eigenvalue weighted by Crippen LogP contribution is -2.52. The number of anilines is 1. The molecule has 2 atom stereocenters. The molecule has 2 unspecified atom stereocenters. The summed E-state index contributed by atoms with van der Waals surface area (Å²) in [5, 5.41) is 0.654. The summed E-state index contributed by atoms with van der Waals surface area (Å²) in [7, 11) is 0. The van der Waals surface area contributed by atoms with Crippen LogP contribution in [0.3, 0.4) is 0 Å². The molecule has 2 fully saturated rings. The van der Waals surface area contributed by atoms with Crippen LogP contribution in [0.5, 0.6) is 0 Å². The molecule has 21 heavy (non-hydrogen) atoms. The zero-order valence-electron chi connectivity index (χ0n) is 12.1. The maximum Gasteiger partial charge on any atom is 0.181 e. The molecular formula is C16H21N3OS. The van der Waals surface area contributed by atoms with Crippen LogP contribution in [0, 0.1) is 0 Å². The Morgan fingerprint density at radius 1 is 1.33 bits per heavy atom. The normalized spacial score (nSPS) is 26.9. The zero-order valence-corrected chi connectivity index (χ0v) is 12.9. The van der Waals surface area contributed by atoms with Crippen molar-refractivity contribution in [2.75, 3.05) is 18.9 Å². The Morgan fingerprint density at radius 3 is 3.19 bits per heavy atom. The predicted octanol–water partition coefficient (Wildman–Crippen LogP) is 3.02. The number of hydrogen-bond acceptors (Lipinski definition) is 5. The first-order chi connectivity index (χ1) is 10.3. The second-order valence-corrected chi connectivity index (χ2v) is 7.15. The van der Waals surface area contributed by atoms with Crippen molar-refractivity contribution in [3.63, 3.8) is 0 Å². The van der Waals surface area contributed by atoms with Crippen LogP contribution < -0.4 is 5.73 Å². The molecule has 0 radical (unpaired) electrons. The minimum Gasteiger partial charge on any atom is -0.375 e. The van der Waals surface area contributed by atoms with Crippen molar-refractivity contribution >= 4 is 26.7 Å². The van der Waals surface area contributed by atoms with Gasteiger partial charge >= 0.3 is 0 Å². The average molecular weight is 303 g/mol. The van der Waals surface area contributed by atoms with Crippen molar-refractivity contribution in [2.45, 2.75) is 44.4 Å². The highest BCUT2D eigenvalue weighted by Crippen LogP contribution is 2.30. The quantitative estimate of drug-likeness (QED) is 0.926. The van der Waals surface area contributed by atoms with Gasteiger partial charge in [0.1, 0.15) is 0 Å². The van der Waals surface area contributed by atoms with Gasteiger partial charge in [-0.15, -0.1) is 0 Å². The second-order valence-electron chi connectivity index (χ2n) is 6.09. The van der Waals surface area contributed by atoms with Gasteiger partial charge in [-0.2, -0.15) is 0 Å². The molecule has 2 aromatic rings.